The van der Waals surface area contributed by atoms with Gasteiger partial charge in [0, 0.05) is 31.7 Å². The first-order chi connectivity index (χ1) is 10.8. The largest absolute Gasteiger partial charge is 0.481 e. The molecule has 1 aromatic carbocycles. The predicted molar refractivity (Wildman–Crippen MR) is 84.6 cm³/mol. The molecule has 7 nitrogen and oxygen atoms in total. The normalized spacial score (nSPS) is 18.7. The van der Waals surface area contributed by atoms with Gasteiger partial charge in [-0.25, -0.2) is 8.42 Å². The van der Waals surface area contributed by atoms with Crippen molar-refractivity contribution in [3.05, 3.63) is 24.3 Å². The van der Waals surface area contributed by atoms with Gasteiger partial charge in [0.25, 0.3) is 0 Å². The molecule has 1 aliphatic rings. The highest BCUT2D eigenvalue weighted by Gasteiger charge is 2.35. The summed E-state index contributed by atoms with van der Waals surface area (Å²) in [5, 5.41) is 9.00. The molecule has 0 unspecified atom stereocenters. The number of benzene rings is 1. The maximum Gasteiger partial charge on any atom is 0.308 e. The Bertz CT molecular complexity index is 695. The third-order valence-corrected chi connectivity index (χ3v) is 6.03. The molecular weight excluding hydrogens is 320 g/mol. The van der Waals surface area contributed by atoms with Crippen LogP contribution in [-0.4, -0.2) is 49.3 Å². The molecule has 1 atom stereocenters. The van der Waals surface area contributed by atoms with Crippen molar-refractivity contribution in [2.45, 2.75) is 25.2 Å². The fourth-order valence-electron chi connectivity index (χ4n) is 2.63. The maximum atomic E-state index is 12.4. The Kier molecular flexibility index (Phi) is 5.06. The zero-order chi connectivity index (χ0) is 17.2. The number of rotatable bonds is 6. The molecule has 0 saturated carbocycles. The van der Waals surface area contributed by atoms with E-state index >= 15 is 0 Å². The lowest BCUT2D eigenvalue weighted by Crippen LogP contribution is -2.30. The van der Waals surface area contributed by atoms with Gasteiger partial charge in [0.1, 0.15) is 0 Å². The Morgan fingerprint density at radius 1 is 1.26 bits per heavy atom. The lowest BCUT2D eigenvalue weighted by Gasteiger charge is -2.20. The molecule has 23 heavy (non-hydrogen) atoms. The number of amides is 1. The third-order valence-electron chi connectivity index (χ3n) is 3.97. The minimum Gasteiger partial charge on any atom is -0.481 e. The topological polar surface area (TPSA) is 95.0 Å². The highest BCUT2D eigenvalue weighted by atomic mass is 32.2. The number of sulfonamides is 1. The molecule has 1 fully saturated rings. The Morgan fingerprint density at radius 3 is 2.26 bits per heavy atom. The predicted octanol–water partition coefficient (Wildman–Crippen LogP) is 1.15. The van der Waals surface area contributed by atoms with Crippen LogP contribution >= 0.6 is 0 Å². The third kappa shape index (κ3) is 3.37. The molecule has 1 amide bonds. The molecule has 0 bridgehead atoms. The second kappa shape index (κ2) is 6.67. The number of aliphatic carboxylic acids is 1. The van der Waals surface area contributed by atoms with Gasteiger partial charge in [0.05, 0.1) is 10.8 Å². The first kappa shape index (κ1) is 17.4. The average molecular weight is 340 g/mol. The molecule has 0 radical (unpaired) electrons. The Balaban J connectivity index is 2.24. The summed E-state index contributed by atoms with van der Waals surface area (Å²) < 4.78 is 26.2. The molecule has 1 N–H and O–H groups in total. The van der Waals surface area contributed by atoms with E-state index in [9.17, 15) is 18.0 Å². The zero-order valence-corrected chi connectivity index (χ0v) is 13.9. The molecule has 2 rings (SSSR count). The van der Waals surface area contributed by atoms with Crippen molar-refractivity contribution in [3.8, 4) is 0 Å². The van der Waals surface area contributed by atoms with Gasteiger partial charge < -0.3 is 10.0 Å². The first-order valence-electron chi connectivity index (χ1n) is 7.44. The van der Waals surface area contributed by atoms with Gasteiger partial charge >= 0.3 is 5.97 Å². The Hall–Kier alpha value is -1.93. The summed E-state index contributed by atoms with van der Waals surface area (Å²) >= 11 is 0. The van der Waals surface area contributed by atoms with Crippen molar-refractivity contribution < 1.29 is 23.1 Å². The van der Waals surface area contributed by atoms with Crippen LogP contribution in [-0.2, 0) is 19.6 Å². The van der Waals surface area contributed by atoms with E-state index in [0.29, 0.717) is 18.8 Å². The number of carbonyl (C=O) groups excluding carboxylic acids is 1. The van der Waals surface area contributed by atoms with E-state index in [1.165, 1.54) is 21.3 Å². The lowest BCUT2D eigenvalue weighted by atomic mass is 10.1. The van der Waals surface area contributed by atoms with E-state index < -0.39 is 21.9 Å². The highest BCUT2D eigenvalue weighted by Crippen LogP contribution is 2.27. The molecule has 0 spiro atoms. The van der Waals surface area contributed by atoms with E-state index in [1.807, 2.05) is 0 Å². The standard InChI is InChI=1S/C15H20N2O5S/c1-3-16(4-2)23(21,22)13-7-5-12(6-8-13)17-10-11(15(19)20)9-14(17)18/h5-8,11H,3-4,9-10H2,1-2H3,(H,19,20)/t11-/m1/s1. The summed E-state index contributed by atoms with van der Waals surface area (Å²) in [6, 6.07) is 5.98. The van der Waals surface area contributed by atoms with E-state index in [4.69, 9.17) is 5.11 Å². The molecule has 1 heterocycles. The van der Waals surface area contributed by atoms with Crippen molar-refractivity contribution in [1.29, 1.82) is 0 Å². The minimum atomic E-state index is -3.54. The van der Waals surface area contributed by atoms with Crippen LogP contribution in [0.5, 0.6) is 0 Å². The molecular formula is C15H20N2O5S. The number of carbonyl (C=O) groups is 2. The van der Waals surface area contributed by atoms with Gasteiger partial charge in [0.2, 0.25) is 15.9 Å². The molecule has 1 aromatic rings. The van der Waals surface area contributed by atoms with Crippen LogP contribution in [0.4, 0.5) is 5.69 Å². The molecule has 1 saturated heterocycles. The molecule has 0 aliphatic carbocycles. The summed E-state index contributed by atoms with van der Waals surface area (Å²) in [4.78, 5) is 24.4. The van der Waals surface area contributed by atoms with Crippen molar-refractivity contribution in [1.82, 2.24) is 4.31 Å². The molecule has 126 valence electrons. The van der Waals surface area contributed by atoms with Crippen LogP contribution in [0.15, 0.2) is 29.2 Å². The lowest BCUT2D eigenvalue weighted by molar-refractivity contribution is -0.141. The zero-order valence-electron chi connectivity index (χ0n) is 13.1. The second-order valence-electron chi connectivity index (χ2n) is 5.33. The number of carboxylic acid groups (broad SMARTS) is 1. The van der Waals surface area contributed by atoms with Gasteiger partial charge in [-0.3, -0.25) is 9.59 Å². The van der Waals surface area contributed by atoms with Crippen molar-refractivity contribution in [3.63, 3.8) is 0 Å². The van der Waals surface area contributed by atoms with Gasteiger partial charge in [-0.15, -0.1) is 0 Å². The van der Waals surface area contributed by atoms with Crippen LogP contribution in [0.25, 0.3) is 0 Å². The van der Waals surface area contributed by atoms with Crippen LogP contribution in [0.3, 0.4) is 0 Å². The highest BCUT2D eigenvalue weighted by molar-refractivity contribution is 7.89. The second-order valence-corrected chi connectivity index (χ2v) is 7.26. The molecule has 1 aliphatic heterocycles. The first-order valence-corrected chi connectivity index (χ1v) is 8.88. The fraction of sp³-hybridized carbons (Fsp3) is 0.467. The number of hydrogen-bond acceptors (Lipinski definition) is 4. The van der Waals surface area contributed by atoms with Crippen LogP contribution in [0, 0.1) is 5.92 Å². The fourth-order valence-corrected chi connectivity index (χ4v) is 4.09. The molecule has 0 aromatic heterocycles. The average Bonchev–Trinajstić information content (AvgIpc) is 2.90. The van der Waals surface area contributed by atoms with Crippen LogP contribution in [0.1, 0.15) is 20.3 Å². The van der Waals surface area contributed by atoms with Gasteiger partial charge in [-0.05, 0) is 24.3 Å². The van der Waals surface area contributed by atoms with E-state index in [0.717, 1.165) is 0 Å². The summed E-state index contributed by atoms with van der Waals surface area (Å²) in [5.74, 6) is -1.99. The number of hydrogen-bond donors (Lipinski definition) is 1. The Morgan fingerprint density at radius 2 is 1.83 bits per heavy atom. The quantitative estimate of drug-likeness (QED) is 0.838. The smallest absolute Gasteiger partial charge is 0.308 e. The van der Waals surface area contributed by atoms with Gasteiger partial charge in [0.15, 0.2) is 0 Å². The monoisotopic (exact) mass is 340 g/mol. The minimum absolute atomic E-state index is 0.0329. The molecule has 8 heteroatoms. The van der Waals surface area contributed by atoms with Crippen molar-refractivity contribution in [2.75, 3.05) is 24.5 Å². The van der Waals surface area contributed by atoms with Crippen molar-refractivity contribution in [2.24, 2.45) is 5.92 Å². The summed E-state index contributed by atoms with van der Waals surface area (Å²) in [6.07, 6.45) is -0.0329. The van der Waals surface area contributed by atoms with E-state index in [2.05, 4.69) is 0 Å². The summed E-state index contributed by atoms with van der Waals surface area (Å²) in [5.41, 5.74) is 0.511. The summed E-state index contributed by atoms with van der Waals surface area (Å²) in [6.45, 7) is 4.40. The SMILES string of the molecule is CCN(CC)S(=O)(=O)c1ccc(N2C[C@H](C(=O)O)CC2=O)cc1. The van der Waals surface area contributed by atoms with Crippen LogP contribution in [0.2, 0.25) is 0 Å². The van der Waals surface area contributed by atoms with Crippen molar-refractivity contribution >= 4 is 27.6 Å². The van der Waals surface area contributed by atoms with Gasteiger partial charge in [-0.1, -0.05) is 13.8 Å². The maximum absolute atomic E-state index is 12.4. The van der Waals surface area contributed by atoms with E-state index in [-0.39, 0.29) is 23.8 Å². The summed E-state index contributed by atoms with van der Waals surface area (Å²) in [7, 11) is -3.54. The van der Waals surface area contributed by atoms with E-state index in [1.54, 1.807) is 26.0 Å². The van der Waals surface area contributed by atoms with Gasteiger partial charge in [-0.2, -0.15) is 4.31 Å². The van der Waals surface area contributed by atoms with Crippen LogP contribution < -0.4 is 4.90 Å². The number of carboxylic acids is 1. The number of anilines is 1. The number of nitrogens with zero attached hydrogens (tertiary/aromatic N) is 2. The Labute approximate surface area is 135 Å².